The van der Waals surface area contributed by atoms with Gasteiger partial charge in [0.25, 0.3) is 5.91 Å². The number of ether oxygens (including phenoxy) is 1. The predicted molar refractivity (Wildman–Crippen MR) is 98.3 cm³/mol. The summed E-state index contributed by atoms with van der Waals surface area (Å²) in [7, 11) is -2.20. The number of amides is 1. The van der Waals surface area contributed by atoms with Crippen LogP contribution in [0.15, 0.2) is 54.6 Å². The molecule has 2 aromatic carbocycles. The molecule has 138 valence electrons. The van der Waals surface area contributed by atoms with Crippen LogP contribution in [0.25, 0.3) is 0 Å². The summed E-state index contributed by atoms with van der Waals surface area (Å²) in [5.41, 5.74) is 1.36. The van der Waals surface area contributed by atoms with E-state index in [1.807, 2.05) is 30.3 Å². The second-order valence-corrected chi connectivity index (χ2v) is 7.44. The van der Waals surface area contributed by atoms with Crippen molar-refractivity contribution in [1.82, 2.24) is 5.32 Å². The summed E-state index contributed by atoms with van der Waals surface area (Å²) < 4.78 is 29.7. The van der Waals surface area contributed by atoms with E-state index in [-0.39, 0.29) is 17.7 Å². The summed E-state index contributed by atoms with van der Waals surface area (Å²) in [5, 5.41) is 2.63. The normalized spacial score (nSPS) is 12.1. The highest BCUT2D eigenvalue weighted by Crippen LogP contribution is 2.13. The fraction of sp³-hybridized carbons (Fsp3) is 0.222. The van der Waals surface area contributed by atoms with Gasteiger partial charge in [-0.1, -0.05) is 36.4 Å². The molecule has 8 heteroatoms. The van der Waals surface area contributed by atoms with Crippen molar-refractivity contribution in [2.24, 2.45) is 0 Å². The molecule has 0 bridgehead atoms. The molecule has 0 unspecified atom stereocenters. The molecule has 2 N–H and O–H groups in total. The Morgan fingerprint density at radius 3 is 2.38 bits per heavy atom. The van der Waals surface area contributed by atoms with E-state index in [2.05, 4.69) is 10.0 Å². The largest absolute Gasteiger partial charge is 0.467 e. The van der Waals surface area contributed by atoms with Crippen molar-refractivity contribution >= 4 is 27.6 Å². The first-order chi connectivity index (χ1) is 12.3. The van der Waals surface area contributed by atoms with Crippen LogP contribution in [-0.2, 0) is 26.0 Å². The number of nitrogens with one attached hydrogen (secondary N) is 2. The Morgan fingerprint density at radius 2 is 1.77 bits per heavy atom. The fourth-order valence-electron chi connectivity index (χ4n) is 2.36. The number of carbonyl (C=O) groups is 2. The van der Waals surface area contributed by atoms with Crippen LogP contribution in [0.1, 0.15) is 15.9 Å². The molecule has 0 aliphatic carbocycles. The third kappa shape index (κ3) is 5.89. The number of hydrogen-bond acceptors (Lipinski definition) is 5. The number of rotatable bonds is 7. The third-order valence-electron chi connectivity index (χ3n) is 3.50. The quantitative estimate of drug-likeness (QED) is 0.714. The van der Waals surface area contributed by atoms with Gasteiger partial charge in [-0.3, -0.25) is 9.52 Å². The van der Waals surface area contributed by atoms with Gasteiger partial charge in [0.15, 0.2) is 0 Å². The number of carbonyl (C=O) groups excluding carboxylic acids is 2. The van der Waals surface area contributed by atoms with E-state index in [1.165, 1.54) is 25.3 Å². The van der Waals surface area contributed by atoms with Gasteiger partial charge in [0, 0.05) is 17.7 Å². The minimum absolute atomic E-state index is 0.223. The molecule has 0 saturated carbocycles. The van der Waals surface area contributed by atoms with Gasteiger partial charge in [-0.25, -0.2) is 13.2 Å². The first-order valence-electron chi connectivity index (χ1n) is 7.79. The van der Waals surface area contributed by atoms with Crippen LogP contribution in [0.2, 0.25) is 0 Å². The Labute approximate surface area is 152 Å². The van der Waals surface area contributed by atoms with E-state index in [0.717, 1.165) is 11.8 Å². The molecule has 2 rings (SSSR count). The molecule has 2 aromatic rings. The zero-order chi connectivity index (χ0) is 19.2. The van der Waals surface area contributed by atoms with Crippen LogP contribution in [0.5, 0.6) is 0 Å². The molecular weight excluding hydrogens is 356 g/mol. The van der Waals surface area contributed by atoms with Crippen LogP contribution in [0, 0.1) is 0 Å². The zero-order valence-corrected chi connectivity index (χ0v) is 15.2. The smallest absolute Gasteiger partial charge is 0.328 e. The first kappa shape index (κ1) is 19.5. The Bertz CT molecular complexity index is 881. The Morgan fingerprint density at radius 1 is 1.08 bits per heavy atom. The van der Waals surface area contributed by atoms with Gasteiger partial charge >= 0.3 is 5.97 Å². The molecule has 0 radical (unpaired) electrons. The average Bonchev–Trinajstić information content (AvgIpc) is 2.60. The van der Waals surface area contributed by atoms with Gasteiger partial charge in [-0.05, 0) is 23.8 Å². The van der Waals surface area contributed by atoms with Crippen molar-refractivity contribution in [3.63, 3.8) is 0 Å². The summed E-state index contributed by atoms with van der Waals surface area (Å²) in [6.45, 7) is 0. The lowest BCUT2D eigenvalue weighted by molar-refractivity contribution is -0.142. The molecule has 0 fully saturated rings. The molecule has 1 amide bonds. The van der Waals surface area contributed by atoms with Crippen LogP contribution >= 0.6 is 0 Å². The lowest BCUT2D eigenvalue weighted by Crippen LogP contribution is -2.43. The number of hydrogen-bond donors (Lipinski definition) is 2. The molecule has 1 atom stereocenters. The molecule has 0 spiro atoms. The summed E-state index contributed by atoms with van der Waals surface area (Å²) in [6.07, 6.45) is 1.30. The fourth-order valence-corrected chi connectivity index (χ4v) is 2.92. The van der Waals surface area contributed by atoms with Crippen LogP contribution in [0.3, 0.4) is 0 Å². The van der Waals surface area contributed by atoms with E-state index < -0.39 is 27.9 Å². The molecule has 0 saturated heterocycles. The summed E-state index contributed by atoms with van der Waals surface area (Å²) >= 11 is 0. The van der Waals surface area contributed by atoms with Crippen LogP contribution in [0.4, 0.5) is 5.69 Å². The standard InChI is InChI=1S/C18H20N2O5S/c1-25-18(22)16(11-13-7-4-3-5-8-13)19-17(21)14-9-6-10-15(12-14)20-26(2,23)24/h3-10,12,16,20H,11H2,1-2H3,(H,19,21)/t16-/m0/s1. The van der Waals surface area contributed by atoms with Gasteiger partial charge in [-0.15, -0.1) is 0 Å². The van der Waals surface area contributed by atoms with Crippen molar-refractivity contribution in [1.29, 1.82) is 0 Å². The highest BCUT2D eigenvalue weighted by molar-refractivity contribution is 7.92. The zero-order valence-electron chi connectivity index (χ0n) is 14.4. The lowest BCUT2D eigenvalue weighted by Gasteiger charge is -2.17. The molecule has 0 aliphatic rings. The predicted octanol–water partition coefficient (Wildman–Crippen LogP) is 1.57. The Kier molecular flexibility index (Phi) is 6.35. The van der Waals surface area contributed by atoms with Crippen molar-refractivity contribution in [3.05, 3.63) is 65.7 Å². The van der Waals surface area contributed by atoms with Crippen LogP contribution in [-0.4, -0.2) is 39.7 Å². The number of sulfonamides is 1. The van der Waals surface area contributed by atoms with Gasteiger partial charge in [0.05, 0.1) is 13.4 Å². The summed E-state index contributed by atoms with van der Waals surface area (Å²) in [6, 6.07) is 14.4. The van der Waals surface area contributed by atoms with Gasteiger partial charge in [-0.2, -0.15) is 0 Å². The van der Waals surface area contributed by atoms with E-state index >= 15 is 0 Å². The second-order valence-electron chi connectivity index (χ2n) is 5.69. The number of methoxy groups -OCH3 is 1. The maximum absolute atomic E-state index is 12.5. The minimum atomic E-state index is -3.46. The number of anilines is 1. The molecular formula is C18H20N2O5S. The molecule has 7 nitrogen and oxygen atoms in total. The molecule has 0 aliphatic heterocycles. The average molecular weight is 376 g/mol. The summed E-state index contributed by atoms with van der Waals surface area (Å²) in [4.78, 5) is 24.5. The van der Waals surface area contributed by atoms with Crippen LogP contribution < -0.4 is 10.0 Å². The summed E-state index contributed by atoms with van der Waals surface area (Å²) in [5.74, 6) is -1.07. The Balaban J connectivity index is 2.16. The molecule has 26 heavy (non-hydrogen) atoms. The van der Waals surface area contributed by atoms with Crippen molar-refractivity contribution < 1.29 is 22.7 Å². The Hall–Kier alpha value is -2.87. The topological polar surface area (TPSA) is 102 Å². The second kappa shape index (κ2) is 8.48. The van der Waals surface area contributed by atoms with E-state index in [1.54, 1.807) is 6.07 Å². The number of benzene rings is 2. The van der Waals surface area contributed by atoms with Crippen molar-refractivity contribution in [2.75, 3.05) is 18.1 Å². The minimum Gasteiger partial charge on any atom is -0.467 e. The third-order valence-corrected chi connectivity index (χ3v) is 4.11. The van der Waals surface area contributed by atoms with E-state index in [4.69, 9.17) is 4.74 Å². The van der Waals surface area contributed by atoms with Gasteiger partial charge in [0.1, 0.15) is 6.04 Å². The first-order valence-corrected chi connectivity index (χ1v) is 9.68. The lowest BCUT2D eigenvalue weighted by atomic mass is 10.1. The maximum atomic E-state index is 12.5. The SMILES string of the molecule is COC(=O)[C@H](Cc1ccccc1)NC(=O)c1cccc(NS(C)(=O)=O)c1. The maximum Gasteiger partial charge on any atom is 0.328 e. The van der Waals surface area contributed by atoms with E-state index in [0.29, 0.717) is 0 Å². The van der Waals surface area contributed by atoms with Gasteiger partial charge in [0.2, 0.25) is 10.0 Å². The van der Waals surface area contributed by atoms with Crippen molar-refractivity contribution in [3.8, 4) is 0 Å². The van der Waals surface area contributed by atoms with E-state index in [9.17, 15) is 18.0 Å². The monoisotopic (exact) mass is 376 g/mol. The highest BCUT2D eigenvalue weighted by atomic mass is 32.2. The molecule has 0 aromatic heterocycles. The molecule has 0 heterocycles. The van der Waals surface area contributed by atoms with Gasteiger partial charge < -0.3 is 10.1 Å². The van der Waals surface area contributed by atoms with Crippen molar-refractivity contribution in [2.45, 2.75) is 12.5 Å². The highest BCUT2D eigenvalue weighted by Gasteiger charge is 2.22. The number of esters is 1.